The third-order valence-electron chi connectivity index (χ3n) is 2.09. The zero-order chi connectivity index (χ0) is 11.4. The van der Waals surface area contributed by atoms with Gasteiger partial charge in [-0.2, -0.15) is 0 Å². The number of hydrogen-bond donors (Lipinski definition) is 1. The van der Waals surface area contributed by atoms with E-state index in [0.717, 1.165) is 0 Å². The minimum atomic E-state index is -0.467. The maximum atomic E-state index is 11.2. The second kappa shape index (κ2) is 5.19. The molecule has 0 saturated carbocycles. The number of carbonyl (C=O) groups is 2. The van der Waals surface area contributed by atoms with Crippen LogP contribution in [0, 0.1) is 0 Å². The summed E-state index contributed by atoms with van der Waals surface area (Å²) in [6.45, 7) is 1.34. The van der Waals surface area contributed by atoms with E-state index in [4.69, 9.17) is 5.11 Å². The average Bonchev–Trinajstić information content (AvgIpc) is 2.27. The number of aldehydes is 1. The molecule has 1 unspecified atom stereocenters. The van der Waals surface area contributed by atoms with E-state index in [9.17, 15) is 9.59 Å². The van der Waals surface area contributed by atoms with Crippen molar-refractivity contribution in [1.29, 1.82) is 0 Å². The molecule has 1 aromatic carbocycles. The molecule has 0 aliphatic carbocycles. The van der Waals surface area contributed by atoms with Crippen molar-refractivity contribution in [2.24, 2.45) is 0 Å². The lowest BCUT2D eigenvalue weighted by Crippen LogP contribution is -2.05. The van der Waals surface area contributed by atoms with Gasteiger partial charge in [0.05, 0.1) is 11.4 Å². The van der Waals surface area contributed by atoms with Crippen molar-refractivity contribution in [3.63, 3.8) is 0 Å². The Balaban J connectivity index is 3.18. The van der Waals surface area contributed by atoms with Crippen molar-refractivity contribution in [3.05, 3.63) is 34.9 Å². The zero-order valence-corrected chi connectivity index (χ0v) is 9.82. The third-order valence-corrected chi connectivity index (χ3v) is 3.23. The van der Waals surface area contributed by atoms with Gasteiger partial charge in [0, 0.05) is 5.56 Å². The van der Waals surface area contributed by atoms with Crippen LogP contribution in [-0.4, -0.2) is 17.2 Å². The van der Waals surface area contributed by atoms with E-state index in [2.05, 4.69) is 15.9 Å². The number of halogens is 1. The van der Waals surface area contributed by atoms with Gasteiger partial charge in [0.15, 0.2) is 0 Å². The molecule has 80 valence electrons. The number of Topliss-reactive ketones (excluding diaryl/α,β-unsaturated/α-hetero) is 1. The first kappa shape index (κ1) is 12.1. The molecule has 0 bridgehead atoms. The maximum Gasteiger partial charge on any atom is 0.150 e. The first-order chi connectivity index (χ1) is 7.10. The molecule has 4 heteroatoms. The molecule has 1 rings (SSSR count). The highest BCUT2D eigenvalue weighted by atomic mass is 79.9. The zero-order valence-electron chi connectivity index (χ0n) is 8.24. The molecule has 0 spiro atoms. The minimum Gasteiger partial charge on any atom is -0.392 e. The first-order valence-electron chi connectivity index (χ1n) is 4.43. The van der Waals surface area contributed by atoms with Gasteiger partial charge in [-0.05, 0) is 24.1 Å². The third kappa shape index (κ3) is 2.73. The van der Waals surface area contributed by atoms with Gasteiger partial charge < -0.3 is 5.11 Å². The van der Waals surface area contributed by atoms with E-state index >= 15 is 0 Å². The van der Waals surface area contributed by atoms with Gasteiger partial charge in [-0.1, -0.05) is 28.1 Å². The highest BCUT2D eigenvalue weighted by Crippen LogP contribution is 2.26. The molecule has 0 aromatic heterocycles. The predicted molar refractivity (Wildman–Crippen MR) is 60.1 cm³/mol. The van der Waals surface area contributed by atoms with E-state index in [1.807, 2.05) is 0 Å². The molecule has 0 fully saturated rings. The molecule has 0 aliphatic heterocycles. The van der Waals surface area contributed by atoms with Gasteiger partial charge in [-0.15, -0.1) is 0 Å². The highest BCUT2D eigenvalue weighted by Gasteiger charge is 2.16. The van der Waals surface area contributed by atoms with Crippen molar-refractivity contribution in [2.45, 2.75) is 18.4 Å². The topological polar surface area (TPSA) is 54.4 Å². The molecule has 1 atom stereocenters. The van der Waals surface area contributed by atoms with Crippen LogP contribution in [0.15, 0.2) is 18.2 Å². The number of ketones is 1. The Bertz CT molecular complexity index is 387. The Kier molecular flexibility index (Phi) is 4.17. The number of alkyl halides is 1. The minimum absolute atomic E-state index is 0.0603. The van der Waals surface area contributed by atoms with Gasteiger partial charge in [0.25, 0.3) is 0 Å². The summed E-state index contributed by atoms with van der Waals surface area (Å²) in [4.78, 5) is 21.5. The van der Waals surface area contributed by atoms with Crippen LogP contribution >= 0.6 is 15.9 Å². The molecule has 0 radical (unpaired) electrons. The highest BCUT2D eigenvalue weighted by molar-refractivity contribution is 9.09. The SMILES string of the molecule is CC(=O)C(Br)c1ccc(CO)cc1C=O. The molecule has 0 heterocycles. The van der Waals surface area contributed by atoms with Gasteiger partial charge in [0.1, 0.15) is 12.1 Å². The van der Waals surface area contributed by atoms with Crippen molar-refractivity contribution in [1.82, 2.24) is 0 Å². The normalized spacial score (nSPS) is 12.2. The van der Waals surface area contributed by atoms with Crippen LogP contribution in [-0.2, 0) is 11.4 Å². The molecular formula is C11H11BrO3. The number of aliphatic hydroxyl groups is 1. The van der Waals surface area contributed by atoms with Crippen LogP contribution in [0.3, 0.4) is 0 Å². The Morgan fingerprint density at radius 2 is 2.27 bits per heavy atom. The number of rotatable bonds is 4. The number of carbonyl (C=O) groups excluding carboxylic acids is 2. The fourth-order valence-electron chi connectivity index (χ4n) is 1.27. The van der Waals surface area contributed by atoms with Gasteiger partial charge >= 0.3 is 0 Å². The lowest BCUT2D eigenvalue weighted by molar-refractivity contribution is -0.116. The summed E-state index contributed by atoms with van der Waals surface area (Å²) in [6, 6.07) is 4.95. The number of benzene rings is 1. The molecular weight excluding hydrogens is 260 g/mol. The quantitative estimate of drug-likeness (QED) is 0.673. The standard InChI is InChI=1S/C11H11BrO3/c1-7(15)11(12)10-3-2-8(5-13)4-9(10)6-14/h2-4,6,11,13H,5H2,1H3. The summed E-state index contributed by atoms with van der Waals surface area (Å²) >= 11 is 3.22. The molecule has 0 aliphatic rings. The molecule has 3 nitrogen and oxygen atoms in total. The van der Waals surface area contributed by atoms with E-state index < -0.39 is 4.83 Å². The van der Waals surface area contributed by atoms with E-state index in [-0.39, 0.29) is 12.4 Å². The van der Waals surface area contributed by atoms with Crippen LogP contribution in [0.4, 0.5) is 0 Å². The number of aliphatic hydroxyl groups excluding tert-OH is 1. The van der Waals surface area contributed by atoms with Crippen LogP contribution in [0.25, 0.3) is 0 Å². The Labute approximate surface area is 96.2 Å². The molecule has 0 saturated heterocycles. The monoisotopic (exact) mass is 270 g/mol. The predicted octanol–water partition coefficient (Wildman–Crippen LogP) is 2.02. The van der Waals surface area contributed by atoms with Crippen LogP contribution in [0.5, 0.6) is 0 Å². The van der Waals surface area contributed by atoms with Crippen LogP contribution in [0.2, 0.25) is 0 Å². The average molecular weight is 271 g/mol. The summed E-state index contributed by atoms with van der Waals surface area (Å²) in [5.41, 5.74) is 1.72. The smallest absolute Gasteiger partial charge is 0.150 e. The Morgan fingerprint density at radius 1 is 1.60 bits per heavy atom. The maximum absolute atomic E-state index is 11.2. The Morgan fingerprint density at radius 3 is 2.73 bits per heavy atom. The van der Waals surface area contributed by atoms with E-state index in [1.165, 1.54) is 6.92 Å². The fraction of sp³-hybridized carbons (Fsp3) is 0.273. The summed E-state index contributed by atoms with van der Waals surface area (Å²) in [7, 11) is 0. The van der Waals surface area contributed by atoms with Crippen LogP contribution < -0.4 is 0 Å². The summed E-state index contributed by atoms with van der Waals surface area (Å²) in [6.07, 6.45) is 0.686. The molecule has 1 aromatic rings. The largest absolute Gasteiger partial charge is 0.392 e. The summed E-state index contributed by atoms with van der Waals surface area (Å²) in [5.74, 6) is -0.0603. The van der Waals surface area contributed by atoms with E-state index in [0.29, 0.717) is 23.0 Å². The molecule has 15 heavy (non-hydrogen) atoms. The molecule has 1 N–H and O–H groups in total. The molecule has 0 amide bonds. The Hall–Kier alpha value is -1.00. The summed E-state index contributed by atoms with van der Waals surface area (Å²) in [5, 5.41) is 8.90. The first-order valence-corrected chi connectivity index (χ1v) is 5.35. The van der Waals surface area contributed by atoms with Crippen molar-refractivity contribution in [3.8, 4) is 0 Å². The van der Waals surface area contributed by atoms with Crippen molar-refractivity contribution in [2.75, 3.05) is 0 Å². The lowest BCUT2D eigenvalue weighted by Gasteiger charge is -2.10. The van der Waals surface area contributed by atoms with E-state index in [1.54, 1.807) is 18.2 Å². The van der Waals surface area contributed by atoms with Gasteiger partial charge in [-0.25, -0.2) is 0 Å². The van der Waals surface area contributed by atoms with Crippen molar-refractivity contribution >= 4 is 28.0 Å². The van der Waals surface area contributed by atoms with Gasteiger partial charge in [0.2, 0.25) is 0 Å². The lowest BCUT2D eigenvalue weighted by atomic mass is 10.0. The van der Waals surface area contributed by atoms with Crippen molar-refractivity contribution < 1.29 is 14.7 Å². The fourth-order valence-corrected chi connectivity index (χ4v) is 1.69. The second-order valence-corrected chi connectivity index (χ2v) is 4.13. The summed E-state index contributed by atoms with van der Waals surface area (Å²) < 4.78 is 0. The van der Waals surface area contributed by atoms with Crippen LogP contribution in [0.1, 0.15) is 33.2 Å². The number of hydrogen-bond acceptors (Lipinski definition) is 3. The second-order valence-electron chi connectivity index (χ2n) is 3.21. The van der Waals surface area contributed by atoms with Gasteiger partial charge in [-0.3, -0.25) is 9.59 Å².